The number of fused-ring (bicyclic) bond motifs is 2. The van der Waals surface area contributed by atoms with Gasteiger partial charge in [-0.1, -0.05) is 39.3 Å². The zero-order valence-corrected chi connectivity index (χ0v) is 32.6. The van der Waals surface area contributed by atoms with E-state index in [9.17, 15) is 29.2 Å². The van der Waals surface area contributed by atoms with Crippen LogP contribution in [-0.4, -0.2) is 74.3 Å². The number of ether oxygens (including phenoxy) is 1. The average Bonchev–Trinajstić information content (AvgIpc) is 3.67. The maximum Gasteiger partial charge on any atom is 0.272 e. The molecule has 4 heterocycles. The van der Waals surface area contributed by atoms with Gasteiger partial charge in [-0.15, -0.1) is 5.10 Å². The first kappa shape index (κ1) is 37.7. The predicted octanol–water partition coefficient (Wildman–Crippen LogP) is 5.30. The normalized spacial score (nSPS) is 26.5. The molecule has 56 heavy (non-hydrogen) atoms. The van der Waals surface area contributed by atoms with Gasteiger partial charge in [-0.3, -0.25) is 39.1 Å². The summed E-state index contributed by atoms with van der Waals surface area (Å²) in [5.74, 6) is -0.910. The smallest absolute Gasteiger partial charge is 0.272 e. The standard InChI is InChI=1S/C42H44ClN7O6/c1-41(2)39(42(3,4)40(41)56-27-10-9-24(18-44)30(43)17-27)46-35(52)32-12-11-31(47-48-32)23-7-5-22(6-8-23)19-49-20-25-15-28-29(16-26(25)21-49)38(55)50(37(28)54)33-13-14-34(51)45-36(33)53/h9-12,15-17,22-23,33,39-40H,5-8,13-14,19-21H2,1-4H3,(H,46,52)(H,45,51,53)/t22-,23-,33?,39-,40-. The highest BCUT2D eigenvalue weighted by atomic mass is 35.5. The summed E-state index contributed by atoms with van der Waals surface area (Å²) in [6.07, 6.45) is 4.00. The van der Waals surface area contributed by atoms with Crippen molar-refractivity contribution in [1.82, 2.24) is 30.6 Å². The fourth-order valence-corrected chi connectivity index (χ4v) is 10.3. The molecule has 3 aromatic rings. The molecule has 14 heteroatoms. The molecule has 0 spiro atoms. The van der Waals surface area contributed by atoms with Crippen LogP contribution in [0.1, 0.15) is 126 Å². The van der Waals surface area contributed by atoms with Crippen LogP contribution in [0.2, 0.25) is 5.02 Å². The first-order chi connectivity index (χ1) is 26.6. The van der Waals surface area contributed by atoms with Crippen LogP contribution in [-0.2, 0) is 22.7 Å². The molecule has 1 aromatic heterocycles. The van der Waals surface area contributed by atoms with Gasteiger partial charge in [0.1, 0.15) is 24.0 Å². The Morgan fingerprint density at radius 1 is 0.929 bits per heavy atom. The van der Waals surface area contributed by atoms with Gasteiger partial charge < -0.3 is 10.1 Å². The van der Waals surface area contributed by atoms with E-state index in [2.05, 4.69) is 59.5 Å². The minimum Gasteiger partial charge on any atom is -0.489 e. The molecule has 13 nitrogen and oxygen atoms in total. The largest absolute Gasteiger partial charge is 0.489 e. The minimum absolute atomic E-state index is 0.0901. The van der Waals surface area contributed by atoms with E-state index in [0.29, 0.717) is 46.5 Å². The van der Waals surface area contributed by atoms with E-state index in [4.69, 9.17) is 16.3 Å². The number of amides is 5. The number of imide groups is 2. The second-order valence-corrected chi connectivity index (χ2v) is 17.6. The number of aromatic nitrogens is 2. The summed E-state index contributed by atoms with van der Waals surface area (Å²) in [5.41, 5.74) is 3.44. The summed E-state index contributed by atoms with van der Waals surface area (Å²) in [7, 11) is 0. The van der Waals surface area contributed by atoms with E-state index in [1.54, 1.807) is 24.3 Å². The number of hydrogen-bond donors (Lipinski definition) is 2. The van der Waals surface area contributed by atoms with Gasteiger partial charge in [0.05, 0.1) is 27.4 Å². The molecule has 3 fully saturated rings. The van der Waals surface area contributed by atoms with Crippen molar-refractivity contribution >= 4 is 41.1 Å². The fraction of sp³-hybridized carbons (Fsp3) is 0.476. The molecule has 2 aliphatic carbocycles. The summed E-state index contributed by atoms with van der Waals surface area (Å²) >= 11 is 6.24. The Kier molecular flexibility index (Phi) is 9.48. The molecule has 5 aliphatic rings. The third-order valence-electron chi connectivity index (χ3n) is 12.7. The lowest BCUT2D eigenvalue weighted by Crippen LogP contribution is -2.74. The van der Waals surface area contributed by atoms with Crippen LogP contribution >= 0.6 is 11.6 Å². The fourth-order valence-electron chi connectivity index (χ4n) is 10.1. The first-order valence-corrected chi connectivity index (χ1v) is 19.6. The molecule has 8 rings (SSSR count). The Bertz CT molecular complexity index is 2150. The van der Waals surface area contributed by atoms with Gasteiger partial charge >= 0.3 is 0 Å². The van der Waals surface area contributed by atoms with Gasteiger partial charge in [0.15, 0.2) is 5.69 Å². The number of carbonyl (C=O) groups is 5. The topological polar surface area (TPSA) is 175 Å². The summed E-state index contributed by atoms with van der Waals surface area (Å²) in [4.78, 5) is 67.4. The van der Waals surface area contributed by atoms with Crippen molar-refractivity contribution in [2.75, 3.05) is 6.54 Å². The quantitative estimate of drug-likeness (QED) is 0.286. The van der Waals surface area contributed by atoms with Crippen LogP contribution in [0.5, 0.6) is 5.75 Å². The van der Waals surface area contributed by atoms with Crippen LogP contribution in [0.4, 0.5) is 0 Å². The van der Waals surface area contributed by atoms with Crippen molar-refractivity contribution in [2.24, 2.45) is 16.7 Å². The zero-order valence-electron chi connectivity index (χ0n) is 31.9. The summed E-state index contributed by atoms with van der Waals surface area (Å²) in [6.45, 7) is 10.5. The summed E-state index contributed by atoms with van der Waals surface area (Å²) in [5, 5.41) is 23.8. The molecule has 0 radical (unpaired) electrons. The number of benzene rings is 2. The second-order valence-electron chi connectivity index (χ2n) is 17.1. The molecule has 0 bridgehead atoms. The Morgan fingerprint density at radius 2 is 1.59 bits per heavy atom. The number of nitrogens with zero attached hydrogens (tertiary/aromatic N) is 5. The Morgan fingerprint density at radius 3 is 2.16 bits per heavy atom. The highest BCUT2D eigenvalue weighted by Gasteiger charge is 2.64. The number of piperidine rings is 1. The van der Waals surface area contributed by atoms with Crippen LogP contribution in [0, 0.1) is 28.1 Å². The van der Waals surface area contributed by atoms with E-state index >= 15 is 0 Å². The van der Waals surface area contributed by atoms with Crippen molar-refractivity contribution in [2.45, 2.75) is 103 Å². The lowest BCUT2D eigenvalue weighted by atomic mass is 9.49. The minimum atomic E-state index is -0.971. The van der Waals surface area contributed by atoms with Crippen LogP contribution in [0.25, 0.3) is 0 Å². The molecule has 2 aromatic carbocycles. The number of carbonyl (C=O) groups excluding carboxylic acids is 5. The van der Waals surface area contributed by atoms with E-state index in [-0.39, 0.29) is 42.5 Å². The average molecular weight is 778 g/mol. The van der Waals surface area contributed by atoms with Gasteiger partial charge in [0, 0.05) is 54.9 Å². The molecule has 290 valence electrons. The third kappa shape index (κ3) is 6.52. The first-order valence-electron chi connectivity index (χ1n) is 19.3. The molecular weight excluding hydrogens is 734 g/mol. The van der Waals surface area contributed by atoms with Crippen LogP contribution in [0.3, 0.4) is 0 Å². The summed E-state index contributed by atoms with van der Waals surface area (Å²) in [6, 6.07) is 13.2. The number of rotatable bonds is 8. The van der Waals surface area contributed by atoms with Gasteiger partial charge in [-0.05, 0) is 85.5 Å². The molecule has 1 atom stereocenters. The maximum absolute atomic E-state index is 13.4. The van der Waals surface area contributed by atoms with Crippen molar-refractivity contribution in [3.05, 3.63) is 86.7 Å². The molecule has 3 aliphatic heterocycles. The molecule has 1 unspecified atom stereocenters. The molecule has 1 saturated heterocycles. The van der Waals surface area contributed by atoms with Crippen molar-refractivity contribution < 1.29 is 28.7 Å². The lowest BCUT2D eigenvalue weighted by molar-refractivity contribution is -0.164. The number of nitrogens with one attached hydrogen (secondary N) is 2. The van der Waals surface area contributed by atoms with Gasteiger partial charge in [-0.25, -0.2) is 0 Å². The van der Waals surface area contributed by atoms with Crippen molar-refractivity contribution in [1.29, 1.82) is 5.26 Å². The van der Waals surface area contributed by atoms with Gasteiger partial charge in [0.25, 0.3) is 17.7 Å². The van der Waals surface area contributed by atoms with E-state index < -0.39 is 40.5 Å². The lowest BCUT2D eigenvalue weighted by Gasteiger charge is -2.63. The zero-order chi connectivity index (χ0) is 39.7. The second kappa shape index (κ2) is 14.1. The molecule has 2 saturated carbocycles. The van der Waals surface area contributed by atoms with Crippen LogP contribution in [0.15, 0.2) is 42.5 Å². The maximum atomic E-state index is 13.4. The van der Waals surface area contributed by atoms with Gasteiger partial charge in [0.2, 0.25) is 11.8 Å². The molecule has 5 amide bonds. The SMILES string of the molecule is CC1(C)[C@H](NC(=O)c2ccc([C@H]3CC[C@H](CN4Cc5cc6c(cc5C4)C(=O)N(C4CCC(=O)NC4=O)C6=O)CC3)nn2)C(C)(C)[C@H]1Oc1ccc(C#N)c(Cl)c1. The molecular formula is C42H44ClN7O6. The third-order valence-corrected chi connectivity index (χ3v) is 13.0. The molecule has 2 N–H and O–H groups in total. The Balaban J connectivity index is 0.822. The van der Waals surface area contributed by atoms with Crippen LogP contribution < -0.4 is 15.4 Å². The highest BCUT2D eigenvalue weighted by molar-refractivity contribution is 6.31. The van der Waals surface area contributed by atoms with E-state index in [1.807, 2.05) is 18.2 Å². The predicted molar refractivity (Wildman–Crippen MR) is 203 cm³/mol. The number of nitriles is 1. The van der Waals surface area contributed by atoms with E-state index in [1.165, 1.54) is 0 Å². The van der Waals surface area contributed by atoms with Gasteiger partial charge in [-0.2, -0.15) is 10.4 Å². The van der Waals surface area contributed by atoms with Crippen molar-refractivity contribution in [3.8, 4) is 11.8 Å². The number of halogens is 1. The van der Waals surface area contributed by atoms with E-state index in [0.717, 1.165) is 53.9 Å². The van der Waals surface area contributed by atoms with Crippen molar-refractivity contribution in [3.63, 3.8) is 0 Å². The highest BCUT2D eigenvalue weighted by Crippen LogP contribution is 2.55. The summed E-state index contributed by atoms with van der Waals surface area (Å²) < 4.78 is 6.35. The Hall–Kier alpha value is -5.19. The monoisotopic (exact) mass is 777 g/mol. The number of hydrogen-bond acceptors (Lipinski definition) is 10. The Labute approximate surface area is 330 Å².